The molecule has 19 heavy (non-hydrogen) atoms. The molecule has 0 fully saturated rings. The van der Waals surface area contributed by atoms with Gasteiger partial charge in [0.25, 0.3) is 0 Å². The van der Waals surface area contributed by atoms with Crippen LogP contribution in [-0.4, -0.2) is 24.2 Å². The second-order valence-electron chi connectivity index (χ2n) is 3.71. The van der Waals surface area contributed by atoms with Crippen molar-refractivity contribution in [2.24, 2.45) is 0 Å². The first-order valence-corrected chi connectivity index (χ1v) is 6.98. The van der Waals surface area contributed by atoms with Crippen molar-refractivity contribution in [3.8, 4) is 16.2 Å². The van der Waals surface area contributed by atoms with Crippen LogP contribution in [0.2, 0.25) is 0 Å². The van der Waals surface area contributed by atoms with Gasteiger partial charge in [0.05, 0.1) is 23.6 Å². The van der Waals surface area contributed by atoms with Gasteiger partial charge >= 0.3 is 5.97 Å². The Labute approximate surface area is 116 Å². The number of benzene rings is 1. The van der Waals surface area contributed by atoms with Crippen molar-refractivity contribution >= 4 is 17.3 Å². The van der Waals surface area contributed by atoms with Gasteiger partial charge in [-0.15, -0.1) is 11.3 Å². The SMILES string of the molecule is CCOC(=O)c1ncsc1-c1ccc(OCC)cc1. The molecule has 0 aliphatic carbocycles. The van der Waals surface area contributed by atoms with E-state index in [1.807, 2.05) is 31.2 Å². The Kier molecular flexibility index (Phi) is 4.52. The Balaban J connectivity index is 2.26. The molecule has 0 unspecified atom stereocenters. The van der Waals surface area contributed by atoms with Gasteiger partial charge in [-0.25, -0.2) is 9.78 Å². The first-order valence-electron chi connectivity index (χ1n) is 6.10. The zero-order valence-corrected chi connectivity index (χ0v) is 11.7. The number of rotatable bonds is 5. The number of thiazole rings is 1. The summed E-state index contributed by atoms with van der Waals surface area (Å²) in [6.07, 6.45) is 0. The predicted octanol–water partition coefficient (Wildman–Crippen LogP) is 3.39. The second kappa shape index (κ2) is 6.33. The lowest BCUT2D eigenvalue weighted by Gasteiger charge is -2.05. The molecule has 0 amide bonds. The molecule has 1 heterocycles. The molecule has 4 nitrogen and oxygen atoms in total. The van der Waals surface area contributed by atoms with Gasteiger partial charge in [0.15, 0.2) is 5.69 Å². The smallest absolute Gasteiger partial charge is 0.358 e. The molecule has 2 rings (SSSR count). The number of carbonyl (C=O) groups is 1. The van der Waals surface area contributed by atoms with Gasteiger partial charge in [-0.2, -0.15) is 0 Å². The fourth-order valence-corrected chi connectivity index (χ4v) is 2.45. The first kappa shape index (κ1) is 13.5. The monoisotopic (exact) mass is 277 g/mol. The van der Waals surface area contributed by atoms with E-state index in [0.717, 1.165) is 16.2 Å². The third-order valence-corrected chi connectivity index (χ3v) is 3.34. The fourth-order valence-electron chi connectivity index (χ4n) is 1.67. The summed E-state index contributed by atoms with van der Waals surface area (Å²) in [6, 6.07) is 7.60. The highest BCUT2D eigenvalue weighted by molar-refractivity contribution is 7.13. The van der Waals surface area contributed by atoms with Gasteiger partial charge in [-0.05, 0) is 43.7 Å². The predicted molar refractivity (Wildman–Crippen MR) is 74.7 cm³/mol. The summed E-state index contributed by atoms with van der Waals surface area (Å²) in [5.74, 6) is 0.432. The van der Waals surface area contributed by atoms with E-state index < -0.39 is 0 Å². The molecule has 5 heteroatoms. The number of aromatic nitrogens is 1. The highest BCUT2D eigenvalue weighted by Crippen LogP contribution is 2.29. The van der Waals surface area contributed by atoms with Crippen LogP contribution in [0.1, 0.15) is 24.3 Å². The fraction of sp³-hybridized carbons (Fsp3) is 0.286. The van der Waals surface area contributed by atoms with Crippen molar-refractivity contribution in [1.82, 2.24) is 4.98 Å². The number of esters is 1. The Morgan fingerprint density at radius 3 is 2.58 bits per heavy atom. The van der Waals surface area contributed by atoms with Crippen LogP contribution in [0, 0.1) is 0 Å². The quantitative estimate of drug-likeness (QED) is 0.786. The summed E-state index contributed by atoms with van der Waals surface area (Å²) in [6.45, 7) is 4.70. The van der Waals surface area contributed by atoms with E-state index >= 15 is 0 Å². The summed E-state index contributed by atoms with van der Waals surface area (Å²) in [5.41, 5.74) is 2.96. The molecule has 1 aromatic carbocycles. The maximum Gasteiger partial charge on any atom is 0.358 e. The van der Waals surface area contributed by atoms with Gasteiger partial charge in [-0.1, -0.05) is 0 Å². The molecule has 0 saturated heterocycles. The first-order chi connectivity index (χ1) is 9.26. The molecule has 0 aliphatic heterocycles. The van der Waals surface area contributed by atoms with Crippen LogP contribution in [0.25, 0.3) is 10.4 Å². The number of hydrogen-bond donors (Lipinski definition) is 0. The van der Waals surface area contributed by atoms with Crippen LogP contribution < -0.4 is 4.74 Å². The summed E-state index contributed by atoms with van der Waals surface area (Å²) in [5, 5.41) is 0. The molecule has 0 bridgehead atoms. The van der Waals surface area contributed by atoms with Crippen LogP contribution in [0.3, 0.4) is 0 Å². The van der Waals surface area contributed by atoms with Crippen LogP contribution in [0.15, 0.2) is 29.8 Å². The minimum Gasteiger partial charge on any atom is -0.494 e. The maximum absolute atomic E-state index is 11.8. The number of nitrogens with zero attached hydrogens (tertiary/aromatic N) is 1. The van der Waals surface area contributed by atoms with Crippen molar-refractivity contribution in [2.75, 3.05) is 13.2 Å². The van der Waals surface area contributed by atoms with Crippen molar-refractivity contribution in [3.63, 3.8) is 0 Å². The van der Waals surface area contributed by atoms with Gasteiger partial charge in [-0.3, -0.25) is 0 Å². The highest BCUT2D eigenvalue weighted by Gasteiger charge is 2.17. The lowest BCUT2D eigenvalue weighted by atomic mass is 10.1. The Morgan fingerprint density at radius 1 is 1.21 bits per heavy atom. The summed E-state index contributed by atoms with van der Waals surface area (Å²) < 4.78 is 10.4. The summed E-state index contributed by atoms with van der Waals surface area (Å²) in [4.78, 5) is 16.7. The van der Waals surface area contributed by atoms with E-state index in [-0.39, 0.29) is 5.97 Å². The molecule has 0 radical (unpaired) electrons. The second-order valence-corrected chi connectivity index (χ2v) is 4.56. The lowest BCUT2D eigenvalue weighted by molar-refractivity contribution is 0.0521. The topological polar surface area (TPSA) is 48.4 Å². The third kappa shape index (κ3) is 3.12. The van der Waals surface area contributed by atoms with Crippen molar-refractivity contribution < 1.29 is 14.3 Å². The zero-order chi connectivity index (χ0) is 13.7. The minimum atomic E-state index is -0.382. The molecular weight excluding hydrogens is 262 g/mol. The van der Waals surface area contributed by atoms with Crippen molar-refractivity contribution in [3.05, 3.63) is 35.5 Å². The van der Waals surface area contributed by atoms with Gasteiger partial charge in [0.1, 0.15) is 5.75 Å². The standard InChI is InChI=1S/C14H15NO3S/c1-3-17-11-7-5-10(6-8-11)13-12(15-9-19-13)14(16)18-4-2/h5-9H,3-4H2,1-2H3. The van der Waals surface area contributed by atoms with Crippen molar-refractivity contribution in [2.45, 2.75) is 13.8 Å². The van der Waals surface area contributed by atoms with Crippen LogP contribution in [0.5, 0.6) is 5.75 Å². The largest absolute Gasteiger partial charge is 0.494 e. The highest BCUT2D eigenvalue weighted by atomic mass is 32.1. The molecular formula is C14H15NO3S. The summed E-state index contributed by atoms with van der Waals surface area (Å²) >= 11 is 1.42. The average molecular weight is 277 g/mol. The van der Waals surface area contributed by atoms with Crippen molar-refractivity contribution in [1.29, 1.82) is 0 Å². The molecule has 0 atom stereocenters. The van der Waals surface area contributed by atoms with E-state index in [2.05, 4.69) is 4.98 Å². The normalized spacial score (nSPS) is 10.2. The molecule has 100 valence electrons. The number of ether oxygens (including phenoxy) is 2. The molecule has 2 aromatic rings. The van der Waals surface area contributed by atoms with Crippen LogP contribution >= 0.6 is 11.3 Å². The Hall–Kier alpha value is -1.88. The molecule has 0 aliphatic rings. The zero-order valence-electron chi connectivity index (χ0n) is 10.9. The maximum atomic E-state index is 11.8. The average Bonchev–Trinajstić information content (AvgIpc) is 2.89. The number of hydrogen-bond acceptors (Lipinski definition) is 5. The van der Waals surface area contributed by atoms with E-state index in [0.29, 0.717) is 18.9 Å². The molecule has 0 N–H and O–H groups in total. The van der Waals surface area contributed by atoms with Gasteiger partial charge in [0.2, 0.25) is 0 Å². The van der Waals surface area contributed by atoms with E-state index in [1.54, 1.807) is 12.4 Å². The van der Waals surface area contributed by atoms with Gasteiger partial charge < -0.3 is 9.47 Å². The van der Waals surface area contributed by atoms with Crippen LogP contribution in [0.4, 0.5) is 0 Å². The minimum absolute atomic E-state index is 0.346. The van der Waals surface area contributed by atoms with Gasteiger partial charge in [0, 0.05) is 0 Å². The Bertz CT molecular complexity index is 548. The number of carbonyl (C=O) groups excluding carboxylic acids is 1. The van der Waals surface area contributed by atoms with E-state index in [4.69, 9.17) is 9.47 Å². The molecule has 0 spiro atoms. The molecule has 1 aromatic heterocycles. The van der Waals surface area contributed by atoms with Crippen LogP contribution in [-0.2, 0) is 4.74 Å². The third-order valence-electron chi connectivity index (χ3n) is 2.46. The Morgan fingerprint density at radius 2 is 1.95 bits per heavy atom. The molecule has 0 saturated carbocycles. The lowest BCUT2D eigenvalue weighted by Crippen LogP contribution is -2.06. The van der Waals surface area contributed by atoms with E-state index in [1.165, 1.54) is 11.3 Å². The van der Waals surface area contributed by atoms with E-state index in [9.17, 15) is 4.79 Å². The summed E-state index contributed by atoms with van der Waals surface area (Å²) in [7, 11) is 0.